The number of carbonyl (C=O) groups excluding carboxylic acids is 1. The quantitative estimate of drug-likeness (QED) is 0.751. The van der Waals surface area contributed by atoms with Crippen LogP contribution in [0.3, 0.4) is 0 Å². The van der Waals surface area contributed by atoms with Crippen molar-refractivity contribution < 1.29 is 13.6 Å². The summed E-state index contributed by atoms with van der Waals surface area (Å²) in [5.41, 5.74) is 4.31. The van der Waals surface area contributed by atoms with Gasteiger partial charge in [0.15, 0.2) is 5.82 Å². The minimum Gasteiger partial charge on any atom is -0.308 e. The largest absolute Gasteiger partial charge is 0.308 e. The highest BCUT2D eigenvalue weighted by atomic mass is 19.3. The Morgan fingerprint density at radius 2 is 2.07 bits per heavy atom. The van der Waals surface area contributed by atoms with E-state index >= 15 is 0 Å². The summed E-state index contributed by atoms with van der Waals surface area (Å²) in [5.74, 6) is -0.0369. The van der Waals surface area contributed by atoms with Crippen molar-refractivity contribution in [1.29, 1.82) is 0 Å². The first-order chi connectivity index (χ1) is 14.0. The van der Waals surface area contributed by atoms with E-state index < -0.39 is 12.5 Å². The van der Waals surface area contributed by atoms with Gasteiger partial charge in [0.05, 0.1) is 6.20 Å². The van der Waals surface area contributed by atoms with Gasteiger partial charge in [-0.2, -0.15) is 5.10 Å². The Hall–Kier alpha value is -2.57. The monoisotopic (exact) mass is 398 g/mol. The third-order valence-electron chi connectivity index (χ3n) is 6.35. The van der Waals surface area contributed by atoms with Crippen molar-refractivity contribution in [1.82, 2.24) is 9.78 Å². The molecule has 1 saturated carbocycles. The molecule has 1 aliphatic carbocycles. The second kappa shape index (κ2) is 6.75. The van der Waals surface area contributed by atoms with E-state index in [1.165, 1.54) is 10.9 Å². The Labute approximate surface area is 168 Å². The molecule has 1 aromatic heterocycles. The van der Waals surface area contributed by atoms with Gasteiger partial charge in [0.2, 0.25) is 0 Å². The number of anilines is 1. The molecule has 0 N–H and O–H groups in total. The van der Waals surface area contributed by atoms with E-state index in [2.05, 4.69) is 11.2 Å². The molecular weight excluding hydrogens is 374 g/mol. The van der Waals surface area contributed by atoms with Gasteiger partial charge in [-0.25, -0.2) is 18.5 Å². The van der Waals surface area contributed by atoms with Crippen LogP contribution in [-0.4, -0.2) is 34.4 Å². The summed E-state index contributed by atoms with van der Waals surface area (Å²) in [6, 6.07) is 5.01. The highest BCUT2D eigenvalue weighted by Crippen LogP contribution is 2.44. The first-order valence-corrected chi connectivity index (χ1v) is 10.3. The summed E-state index contributed by atoms with van der Waals surface area (Å²) in [4.78, 5) is 19.9. The van der Waals surface area contributed by atoms with E-state index in [0.717, 1.165) is 48.2 Å². The standard InChI is InChI=1S/C22H24F2N4O/c1-12-5-8-17-15(10-12)4-3-9-27(17)22(29)16-11-25-28-19(20(23)24)13(2)18(14-6-7-14)26-21(16)28/h5,8,10-11,13-14,19-20H,3-4,6-7,9H2,1-2H3. The summed E-state index contributed by atoms with van der Waals surface area (Å²) < 4.78 is 29.1. The van der Waals surface area contributed by atoms with Gasteiger partial charge in [0, 0.05) is 23.9 Å². The Kier molecular flexibility index (Phi) is 4.29. The summed E-state index contributed by atoms with van der Waals surface area (Å²) in [7, 11) is 0. The molecule has 0 radical (unpaired) electrons. The number of halogens is 2. The van der Waals surface area contributed by atoms with E-state index in [1.54, 1.807) is 11.8 Å². The normalized spacial score (nSPS) is 23.6. The number of aryl methyl sites for hydroxylation is 2. The second-order valence-electron chi connectivity index (χ2n) is 8.44. The maximum Gasteiger partial charge on any atom is 0.263 e. The van der Waals surface area contributed by atoms with Crippen LogP contribution in [0.4, 0.5) is 20.3 Å². The molecule has 2 unspecified atom stereocenters. The summed E-state index contributed by atoms with van der Waals surface area (Å²) in [6.07, 6.45) is 2.63. The number of amides is 1. The van der Waals surface area contributed by atoms with Gasteiger partial charge in [-0.3, -0.25) is 4.79 Å². The van der Waals surface area contributed by atoms with Gasteiger partial charge in [0.25, 0.3) is 12.3 Å². The van der Waals surface area contributed by atoms with E-state index in [4.69, 9.17) is 4.99 Å². The molecule has 2 aromatic rings. The summed E-state index contributed by atoms with van der Waals surface area (Å²) in [6.45, 7) is 4.44. The average Bonchev–Trinajstić information content (AvgIpc) is 3.45. The highest BCUT2D eigenvalue weighted by Gasteiger charge is 2.44. The highest BCUT2D eigenvalue weighted by molar-refractivity contribution is 6.10. The van der Waals surface area contributed by atoms with Crippen LogP contribution in [0.15, 0.2) is 29.4 Å². The van der Waals surface area contributed by atoms with Crippen molar-refractivity contribution >= 4 is 23.1 Å². The Morgan fingerprint density at radius 1 is 1.28 bits per heavy atom. The van der Waals surface area contributed by atoms with Gasteiger partial charge in [0.1, 0.15) is 11.6 Å². The van der Waals surface area contributed by atoms with Gasteiger partial charge in [-0.1, -0.05) is 24.6 Å². The number of hydrogen-bond donors (Lipinski definition) is 0. The molecule has 0 spiro atoms. The molecule has 0 saturated heterocycles. The fourth-order valence-electron chi connectivity index (χ4n) is 4.70. The second-order valence-corrected chi connectivity index (χ2v) is 8.44. The van der Waals surface area contributed by atoms with Crippen LogP contribution >= 0.6 is 0 Å². The number of hydrogen-bond acceptors (Lipinski definition) is 3. The van der Waals surface area contributed by atoms with Crippen molar-refractivity contribution in [2.75, 3.05) is 11.4 Å². The Balaban J connectivity index is 1.57. The maximum atomic E-state index is 13.9. The third kappa shape index (κ3) is 2.98. The summed E-state index contributed by atoms with van der Waals surface area (Å²) >= 11 is 0. The molecular formula is C22H24F2N4O. The van der Waals surface area contributed by atoms with Gasteiger partial charge in [-0.15, -0.1) is 0 Å². The number of aromatic nitrogens is 2. The first-order valence-electron chi connectivity index (χ1n) is 10.3. The number of alkyl halides is 2. The fraction of sp³-hybridized carbons (Fsp3) is 0.500. The molecule has 2 aliphatic heterocycles. The van der Waals surface area contributed by atoms with Gasteiger partial charge >= 0.3 is 0 Å². The SMILES string of the molecule is Cc1ccc2c(c1)CCCN2C(=O)c1cnn2c1N=C(C1CC1)C(C)C2C(F)F. The van der Waals surface area contributed by atoms with Crippen LogP contribution in [0, 0.1) is 18.8 Å². The zero-order valence-corrected chi connectivity index (χ0v) is 16.6. The lowest BCUT2D eigenvalue weighted by Gasteiger charge is -2.31. The lowest BCUT2D eigenvalue weighted by Crippen LogP contribution is -2.36. The summed E-state index contributed by atoms with van der Waals surface area (Å²) in [5, 5.41) is 4.19. The van der Waals surface area contributed by atoms with Crippen LogP contribution in [0.5, 0.6) is 0 Å². The number of aliphatic imine (C=N–C) groups is 1. The zero-order valence-electron chi connectivity index (χ0n) is 16.6. The van der Waals surface area contributed by atoms with Crippen molar-refractivity contribution in [3.63, 3.8) is 0 Å². The minimum atomic E-state index is -2.56. The third-order valence-corrected chi connectivity index (χ3v) is 6.35. The van der Waals surface area contributed by atoms with E-state index in [9.17, 15) is 13.6 Å². The lowest BCUT2D eigenvalue weighted by molar-refractivity contribution is 0.0605. The Bertz CT molecular complexity index is 1010. The maximum absolute atomic E-state index is 13.9. The fourth-order valence-corrected chi connectivity index (χ4v) is 4.70. The number of carbonyl (C=O) groups is 1. The van der Waals surface area contributed by atoms with Crippen molar-refractivity contribution in [2.24, 2.45) is 16.8 Å². The average molecular weight is 398 g/mol. The molecule has 1 aromatic carbocycles. The molecule has 3 heterocycles. The molecule has 5 nitrogen and oxygen atoms in total. The van der Waals surface area contributed by atoms with Crippen LogP contribution in [0.2, 0.25) is 0 Å². The van der Waals surface area contributed by atoms with Crippen LogP contribution in [0.1, 0.15) is 53.7 Å². The van der Waals surface area contributed by atoms with E-state index in [-0.39, 0.29) is 17.7 Å². The van der Waals surface area contributed by atoms with E-state index in [0.29, 0.717) is 17.9 Å². The zero-order chi connectivity index (χ0) is 20.3. The van der Waals surface area contributed by atoms with E-state index in [1.807, 2.05) is 19.1 Å². The number of rotatable bonds is 3. The number of fused-ring (bicyclic) bond motifs is 2. The molecule has 7 heteroatoms. The van der Waals surface area contributed by atoms with Gasteiger partial charge in [-0.05, 0) is 50.2 Å². The van der Waals surface area contributed by atoms with Crippen molar-refractivity contribution in [3.8, 4) is 0 Å². The molecule has 0 bridgehead atoms. The van der Waals surface area contributed by atoms with Crippen molar-refractivity contribution in [3.05, 3.63) is 41.1 Å². The molecule has 5 rings (SSSR count). The first kappa shape index (κ1) is 18.5. The number of benzene rings is 1. The minimum absolute atomic E-state index is 0.211. The Morgan fingerprint density at radius 3 is 2.79 bits per heavy atom. The molecule has 152 valence electrons. The smallest absolute Gasteiger partial charge is 0.263 e. The molecule has 1 amide bonds. The predicted octanol–water partition coefficient (Wildman–Crippen LogP) is 4.72. The molecule has 2 atom stereocenters. The van der Waals surface area contributed by atoms with Crippen LogP contribution in [-0.2, 0) is 6.42 Å². The van der Waals surface area contributed by atoms with Gasteiger partial charge < -0.3 is 4.90 Å². The van der Waals surface area contributed by atoms with Crippen LogP contribution in [0.25, 0.3) is 0 Å². The predicted molar refractivity (Wildman–Crippen MR) is 107 cm³/mol. The molecule has 1 fully saturated rings. The number of nitrogens with zero attached hydrogens (tertiary/aromatic N) is 4. The molecule has 29 heavy (non-hydrogen) atoms. The van der Waals surface area contributed by atoms with Crippen molar-refractivity contribution in [2.45, 2.75) is 52.0 Å². The lowest BCUT2D eigenvalue weighted by atomic mass is 9.92. The topological polar surface area (TPSA) is 50.5 Å². The van der Waals surface area contributed by atoms with Crippen LogP contribution < -0.4 is 4.90 Å². The molecule has 3 aliphatic rings.